The Balaban J connectivity index is 1.61. The van der Waals surface area contributed by atoms with E-state index in [4.69, 9.17) is 4.74 Å². The summed E-state index contributed by atoms with van der Waals surface area (Å²) in [5, 5.41) is 3.76. The molecule has 1 aromatic heterocycles. The predicted molar refractivity (Wildman–Crippen MR) is 102 cm³/mol. The molecule has 1 amide bonds. The SMILES string of the molecule is CC[C@H](C)c1ccccc1NC(=O)COC(=O)c1cc2ccccc2[nH]1. The van der Waals surface area contributed by atoms with Gasteiger partial charge in [-0.05, 0) is 36.1 Å². The van der Waals surface area contributed by atoms with E-state index in [1.54, 1.807) is 6.07 Å². The Labute approximate surface area is 152 Å². The number of H-pyrrole nitrogens is 1. The molecule has 0 aliphatic rings. The molecule has 3 aromatic rings. The zero-order valence-corrected chi connectivity index (χ0v) is 14.9. The van der Waals surface area contributed by atoms with Crippen LogP contribution in [0.2, 0.25) is 0 Å². The van der Waals surface area contributed by atoms with Crippen molar-refractivity contribution in [3.63, 3.8) is 0 Å². The molecular formula is C21H22N2O3. The fourth-order valence-corrected chi connectivity index (χ4v) is 2.84. The van der Waals surface area contributed by atoms with Crippen LogP contribution in [-0.2, 0) is 9.53 Å². The Morgan fingerprint density at radius 1 is 1.12 bits per heavy atom. The zero-order chi connectivity index (χ0) is 18.5. The number of anilines is 1. The number of carbonyl (C=O) groups excluding carboxylic acids is 2. The Hall–Kier alpha value is -3.08. The highest BCUT2D eigenvalue weighted by molar-refractivity contribution is 5.97. The molecule has 1 heterocycles. The minimum atomic E-state index is -0.549. The highest BCUT2D eigenvalue weighted by Gasteiger charge is 2.15. The van der Waals surface area contributed by atoms with Crippen LogP contribution in [-0.4, -0.2) is 23.5 Å². The van der Waals surface area contributed by atoms with Crippen molar-refractivity contribution in [2.24, 2.45) is 0 Å². The summed E-state index contributed by atoms with van der Waals surface area (Å²) in [4.78, 5) is 27.3. The molecule has 1 atom stereocenters. The summed E-state index contributed by atoms with van der Waals surface area (Å²) in [6.45, 7) is 3.88. The third kappa shape index (κ3) is 3.94. The van der Waals surface area contributed by atoms with Crippen molar-refractivity contribution < 1.29 is 14.3 Å². The van der Waals surface area contributed by atoms with Gasteiger partial charge in [0.2, 0.25) is 0 Å². The van der Waals surface area contributed by atoms with Crippen molar-refractivity contribution >= 4 is 28.5 Å². The number of hydrogen-bond donors (Lipinski definition) is 2. The minimum Gasteiger partial charge on any atom is -0.451 e. The zero-order valence-electron chi connectivity index (χ0n) is 14.9. The normalized spacial score (nSPS) is 11.9. The van der Waals surface area contributed by atoms with E-state index in [0.717, 1.165) is 28.6 Å². The maximum absolute atomic E-state index is 12.2. The molecule has 0 saturated heterocycles. The molecule has 5 heteroatoms. The largest absolute Gasteiger partial charge is 0.451 e. The highest BCUT2D eigenvalue weighted by atomic mass is 16.5. The van der Waals surface area contributed by atoms with E-state index in [2.05, 4.69) is 24.1 Å². The molecule has 2 aromatic carbocycles. The Morgan fingerprint density at radius 3 is 2.62 bits per heavy atom. The summed E-state index contributed by atoms with van der Waals surface area (Å²) in [5.74, 6) is -0.572. The van der Waals surface area contributed by atoms with Gasteiger partial charge >= 0.3 is 5.97 Å². The fourth-order valence-electron chi connectivity index (χ4n) is 2.84. The van der Waals surface area contributed by atoms with Crippen molar-refractivity contribution in [2.75, 3.05) is 11.9 Å². The van der Waals surface area contributed by atoms with E-state index >= 15 is 0 Å². The standard InChI is InChI=1S/C21H22N2O3/c1-3-14(2)16-9-5-7-11-18(16)23-20(24)13-26-21(25)19-12-15-8-4-6-10-17(15)22-19/h4-12,14,22H,3,13H2,1-2H3,(H,23,24)/t14-/m0/s1. The number of nitrogens with one attached hydrogen (secondary N) is 2. The third-order valence-electron chi connectivity index (χ3n) is 4.46. The second-order valence-corrected chi connectivity index (χ2v) is 6.29. The summed E-state index contributed by atoms with van der Waals surface area (Å²) in [6, 6.07) is 17.0. The second kappa shape index (κ2) is 7.87. The van der Waals surface area contributed by atoms with Crippen LogP contribution in [0.1, 0.15) is 42.2 Å². The van der Waals surface area contributed by atoms with Gasteiger partial charge in [0.25, 0.3) is 5.91 Å². The molecule has 26 heavy (non-hydrogen) atoms. The van der Waals surface area contributed by atoms with E-state index in [-0.39, 0.29) is 12.5 Å². The molecule has 0 saturated carbocycles. The van der Waals surface area contributed by atoms with Crippen molar-refractivity contribution in [2.45, 2.75) is 26.2 Å². The van der Waals surface area contributed by atoms with Crippen LogP contribution in [0.15, 0.2) is 54.6 Å². The lowest BCUT2D eigenvalue weighted by Gasteiger charge is -2.15. The number of para-hydroxylation sites is 2. The third-order valence-corrected chi connectivity index (χ3v) is 4.46. The van der Waals surface area contributed by atoms with Crippen LogP contribution in [0, 0.1) is 0 Å². The maximum Gasteiger partial charge on any atom is 0.355 e. The number of ether oxygens (including phenoxy) is 1. The van der Waals surface area contributed by atoms with Gasteiger partial charge in [0, 0.05) is 16.6 Å². The number of amides is 1. The average molecular weight is 350 g/mol. The van der Waals surface area contributed by atoms with Crippen molar-refractivity contribution in [3.05, 3.63) is 65.9 Å². The number of benzene rings is 2. The van der Waals surface area contributed by atoms with E-state index in [9.17, 15) is 9.59 Å². The summed E-state index contributed by atoms with van der Waals surface area (Å²) < 4.78 is 5.14. The number of aromatic nitrogens is 1. The summed E-state index contributed by atoms with van der Waals surface area (Å²) in [5.41, 5.74) is 3.02. The molecular weight excluding hydrogens is 328 g/mol. The maximum atomic E-state index is 12.2. The van der Waals surface area contributed by atoms with Crippen molar-refractivity contribution in [1.29, 1.82) is 0 Å². The Kier molecular flexibility index (Phi) is 5.37. The van der Waals surface area contributed by atoms with Crippen LogP contribution in [0.25, 0.3) is 10.9 Å². The number of rotatable bonds is 6. The van der Waals surface area contributed by atoms with Crippen molar-refractivity contribution in [1.82, 2.24) is 4.98 Å². The Bertz CT molecular complexity index is 897. The quantitative estimate of drug-likeness (QED) is 0.644. The first kappa shape index (κ1) is 17.7. The number of carbonyl (C=O) groups is 2. The smallest absolute Gasteiger partial charge is 0.355 e. The number of aromatic amines is 1. The van der Waals surface area contributed by atoms with Gasteiger partial charge < -0.3 is 15.0 Å². The first-order chi connectivity index (χ1) is 12.6. The monoisotopic (exact) mass is 350 g/mol. The average Bonchev–Trinajstić information content (AvgIpc) is 3.10. The minimum absolute atomic E-state index is 0.330. The topological polar surface area (TPSA) is 71.2 Å². The number of esters is 1. The molecule has 0 fully saturated rings. The number of hydrogen-bond acceptors (Lipinski definition) is 3. The molecule has 0 aliphatic heterocycles. The van der Waals surface area contributed by atoms with Crippen molar-refractivity contribution in [3.8, 4) is 0 Å². The van der Waals surface area contributed by atoms with E-state index in [0.29, 0.717) is 11.6 Å². The van der Waals surface area contributed by atoms with Gasteiger partial charge in [-0.1, -0.05) is 50.2 Å². The molecule has 2 N–H and O–H groups in total. The lowest BCUT2D eigenvalue weighted by Crippen LogP contribution is -2.21. The van der Waals surface area contributed by atoms with E-state index < -0.39 is 5.97 Å². The second-order valence-electron chi connectivity index (χ2n) is 6.29. The number of fused-ring (bicyclic) bond motifs is 1. The molecule has 134 valence electrons. The van der Waals surface area contributed by atoms with Crippen LogP contribution in [0.4, 0.5) is 5.69 Å². The van der Waals surface area contributed by atoms with Gasteiger partial charge in [-0.3, -0.25) is 4.79 Å². The van der Waals surface area contributed by atoms with Gasteiger partial charge in [0.15, 0.2) is 6.61 Å². The lowest BCUT2D eigenvalue weighted by atomic mass is 9.97. The van der Waals surface area contributed by atoms with Crippen LogP contribution in [0.3, 0.4) is 0 Å². The Morgan fingerprint density at radius 2 is 1.85 bits per heavy atom. The molecule has 0 bridgehead atoms. The summed E-state index contributed by atoms with van der Waals surface area (Å²) in [6.07, 6.45) is 0.974. The van der Waals surface area contributed by atoms with Gasteiger partial charge in [-0.25, -0.2) is 4.79 Å². The van der Waals surface area contributed by atoms with Gasteiger partial charge in [-0.2, -0.15) is 0 Å². The first-order valence-electron chi connectivity index (χ1n) is 8.72. The molecule has 3 rings (SSSR count). The van der Waals surface area contributed by atoms with Gasteiger partial charge in [-0.15, -0.1) is 0 Å². The van der Waals surface area contributed by atoms with Crippen LogP contribution in [0.5, 0.6) is 0 Å². The van der Waals surface area contributed by atoms with Gasteiger partial charge in [0.1, 0.15) is 5.69 Å². The first-order valence-corrected chi connectivity index (χ1v) is 8.72. The predicted octanol–water partition coefficient (Wildman–Crippen LogP) is 4.48. The van der Waals surface area contributed by atoms with E-state index in [1.807, 2.05) is 48.5 Å². The molecule has 0 spiro atoms. The molecule has 5 nitrogen and oxygen atoms in total. The molecule has 0 radical (unpaired) electrons. The lowest BCUT2D eigenvalue weighted by molar-refractivity contribution is -0.119. The van der Waals surface area contributed by atoms with Crippen LogP contribution < -0.4 is 5.32 Å². The summed E-state index contributed by atoms with van der Waals surface area (Å²) in [7, 11) is 0. The molecule has 0 aliphatic carbocycles. The van der Waals surface area contributed by atoms with Crippen LogP contribution >= 0.6 is 0 Å². The fraction of sp³-hybridized carbons (Fsp3) is 0.238. The summed E-state index contributed by atoms with van der Waals surface area (Å²) >= 11 is 0. The van der Waals surface area contributed by atoms with E-state index in [1.165, 1.54) is 0 Å². The molecule has 0 unspecified atom stereocenters. The van der Waals surface area contributed by atoms with Gasteiger partial charge in [0.05, 0.1) is 0 Å². The highest BCUT2D eigenvalue weighted by Crippen LogP contribution is 2.26.